The average molecular weight is 611 g/mol. The van der Waals surface area contributed by atoms with Crippen molar-refractivity contribution in [1.82, 2.24) is 4.90 Å². The van der Waals surface area contributed by atoms with Crippen LogP contribution in [0.2, 0.25) is 0 Å². The topological polar surface area (TPSA) is 90.0 Å². The maximum absolute atomic E-state index is 13.2. The summed E-state index contributed by atoms with van der Waals surface area (Å²) in [7, 11) is -2.78. The molecule has 0 bridgehead atoms. The highest BCUT2D eigenvalue weighted by atomic mass is 79.9. The van der Waals surface area contributed by atoms with Gasteiger partial charge < -0.3 is 8.92 Å². The van der Waals surface area contributed by atoms with Crippen LogP contribution in [-0.2, 0) is 21.5 Å². The molecule has 4 aromatic rings. The largest absolute Gasteiger partial charge is 0.493 e. The molecule has 1 aliphatic heterocycles. The first-order valence-electron chi connectivity index (χ1n) is 11.4. The molecule has 7 nitrogen and oxygen atoms in total. The van der Waals surface area contributed by atoms with Crippen LogP contribution in [0.5, 0.6) is 11.5 Å². The van der Waals surface area contributed by atoms with E-state index in [9.17, 15) is 18.0 Å². The van der Waals surface area contributed by atoms with E-state index in [0.29, 0.717) is 10.9 Å². The highest BCUT2D eigenvalue weighted by Crippen LogP contribution is 2.37. The lowest BCUT2D eigenvalue weighted by atomic mass is 10.1. The summed E-state index contributed by atoms with van der Waals surface area (Å²) < 4.78 is 38.0. The number of benzene rings is 4. The van der Waals surface area contributed by atoms with Crippen molar-refractivity contribution in [3.8, 4) is 11.5 Å². The number of thioether (sulfide) groups is 1. The molecule has 38 heavy (non-hydrogen) atoms. The predicted octanol–water partition coefficient (Wildman–Crippen LogP) is 6.62. The summed E-state index contributed by atoms with van der Waals surface area (Å²) in [5.41, 5.74) is 1.36. The zero-order valence-electron chi connectivity index (χ0n) is 20.0. The molecule has 5 rings (SSSR count). The number of nitrogens with zero attached hydrogens (tertiary/aromatic N) is 1. The number of amides is 2. The molecule has 1 aliphatic rings. The van der Waals surface area contributed by atoms with Gasteiger partial charge in [-0.2, -0.15) is 8.42 Å². The van der Waals surface area contributed by atoms with Gasteiger partial charge in [0.1, 0.15) is 4.90 Å². The summed E-state index contributed by atoms with van der Waals surface area (Å²) in [5.74, 6) is -0.247. The third-order valence-electron chi connectivity index (χ3n) is 5.86. The Morgan fingerprint density at radius 2 is 1.66 bits per heavy atom. The Kier molecular flexibility index (Phi) is 7.29. The summed E-state index contributed by atoms with van der Waals surface area (Å²) in [6, 6.07) is 24.1. The van der Waals surface area contributed by atoms with Gasteiger partial charge in [0.2, 0.25) is 0 Å². The van der Waals surface area contributed by atoms with Crippen molar-refractivity contribution < 1.29 is 26.9 Å². The van der Waals surface area contributed by atoms with E-state index >= 15 is 0 Å². The van der Waals surface area contributed by atoms with Crippen LogP contribution in [0.25, 0.3) is 16.8 Å². The normalized spacial score (nSPS) is 14.9. The van der Waals surface area contributed by atoms with Crippen LogP contribution in [0.3, 0.4) is 0 Å². The molecule has 192 valence electrons. The fourth-order valence-electron chi connectivity index (χ4n) is 4.00. The van der Waals surface area contributed by atoms with Gasteiger partial charge in [0, 0.05) is 9.86 Å². The average Bonchev–Trinajstić information content (AvgIpc) is 3.17. The summed E-state index contributed by atoms with van der Waals surface area (Å²) in [6.07, 6.45) is 1.57. The Balaban J connectivity index is 1.40. The third-order valence-corrected chi connectivity index (χ3v) is 8.84. The molecular formula is C28H20BrNO6S2. The molecule has 0 radical (unpaired) electrons. The van der Waals surface area contributed by atoms with Crippen molar-refractivity contribution in [2.75, 3.05) is 7.11 Å². The van der Waals surface area contributed by atoms with E-state index in [4.69, 9.17) is 8.92 Å². The first-order chi connectivity index (χ1) is 18.3. The Morgan fingerprint density at radius 1 is 0.921 bits per heavy atom. The van der Waals surface area contributed by atoms with Gasteiger partial charge in [-0.05, 0) is 58.6 Å². The van der Waals surface area contributed by atoms with Crippen LogP contribution in [0.1, 0.15) is 11.1 Å². The zero-order valence-corrected chi connectivity index (χ0v) is 23.2. The first-order valence-corrected chi connectivity index (χ1v) is 14.4. The van der Waals surface area contributed by atoms with E-state index in [1.165, 1.54) is 24.1 Å². The van der Waals surface area contributed by atoms with E-state index < -0.39 is 16.0 Å². The number of carbonyl (C=O) groups excluding carboxylic acids is 2. The second-order valence-electron chi connectivity index (χ2n) is 8.28. The number of ether oxygens (including phenoxy) is 1. The molecule has 0 aromatic heterocycles. The SMILES string of the molecule is COc1cc(/C=C2\SC(=O)N(Cc3ccccc3Br)C2=O)ccc1OS(=O)(=O)c1cccc2ccccc12. The van der Waals surface area contributed by atoms with Gasteiger partial charge in [-0.25, -0.2) is 0 Å². The standard InChI is InChI=1S/C28H20BrNO6S2/c1-35-24-15-18(16-25-27(31)30(28(32)37-25)17-20-8-3-5-11-22(20)29)13-14-23(24)36-38(33,34)26-12-6-9-19-7-2-4-10-21(19)26/h2-16H,17H2,1H3/b25-16-. The van der Waals surface area contributed by atoms with Crippen molar-refractivity contribution in [3.63, 3.8) is 0 Å². The number of hydrogen-bond donors (Lipinski definition) is 0. The molecule has 0 atom stereocenters. The van der Waals surface area contributed by atoms with Crippen molar-refractivity contribution in [2.24, 2.45) is 0 Å². The molecule has 0 saturated carbocycles. The molecule has 2 amide bonds. The summed E-state index contributed by atoms with van der Waals surface area (Å²) >= 11 is 4.29. The minimum Gasteiger partial charge on any atom is -0.493 e. The second-order valence-corrected chi connectivity index (χ2v) is 11.6. The van der Waals surface area contributed by atoms with Gasteiger partial charge in [0.15, 0.2) is 11.5 Å². The fourth-order valence-corrected chi connectivity index (χ4v) is 6.42. The number of hydrogen-bond acceptors (Lipinski definition) is 7. The molecule has 1 saturated heterocycles. The van der Waals surface area contributed by atoms with Crippen LogP contribution >= 0.6 is 27.7 Å². The van der Waals surface area contributed by atoms with Gasteiger partial charge in [0.05, 0.1) is 18.6 Å². The lowest BCUT2D eigenvalue weighted by Gasteiger charge is -2.13. The van der Waals surface area contributed by atoms with Crippen molar-refractivity contribution in [1.29, 1.82) is 0 Å². The number of carbonyl (C=O) groups is 2. The lowest BCUT2D eigenvalue weighted by molar-refractivity contribution is -0.123. The summed E-state index contributed by atoms with van der Waals surface area (Å²) in [6.45, 7) is 0.144. The summed E-state index contributed by atoms with van der Waals surface area (Å²) in [4.78, 5) is 27.0. The van der Waals surface area contributed by atoms with E-state index in [-0.39, 0.29) is 33.1 Å². The number of halogens is 1. The summed E-state index contributed by atoms with van der Waals surface area (Å²) in [5, 5.41) is 0.946. The van der Waals surface area contributed by atoms with Gasteiger partial charge in [0.25, 0.3) is 11.1 Å². The lowest BCUT2D eigenvalue weighted by Crippen LogP contribution is -2.27. The van der Waals surface area contributed by atoms with Crippen LogP contribution in [0, 0.1) is 0 Å². The first kappa shape index (κ1) is 26.0. The fraction of sp³-hybridized carbons (Fsp3) is 0.0714. The van der Waals surface area contributed by atoms with Crippen LogP contribution in [-0.4, -0.2) is 31.6 Å². The molecule has 0 aliphatic carbocycles. The number of imide groups is 1. The molecule has 0 unspecified atom stereocenters. The van der Waals surface area contributed by atoms with E-state index in [1.807, 2.05) is 42.5 Å². The Bertz CT molecular complexity index is 1710. The minimum atomic E-state index is -4.17. The number of methoxy groups -OCH3 is 1. The van der Waals surface area contributed by atoms with Crippen molar-refractivity contribution >= 4 is 65.8 Å². The van der Waals surface area contributed by atoms with Gasteiger partial charge in [-0.1, -0.05) is 76.6 Å². The molecule has 0 N–H and O–H groups in total. The molecule has 0 spiro atoms. The maximum Gasteiger partial charge on any atom is 0.339 e. The molecule has 1 heterocycles. The maximum atomic E-state index is 13.2. The van der Waals surface area contributed by atoms with Gasteiger partial charge >= 0.3 is 10.1 Å². The van der Waals surface area contributed by atoms with E-state index in [0.717, 1.165) is 27.2 Å². The molecule has 10 heteroatoms. The van der Waals surface area contributed by atoms with Gasteiger partial charge in [-0.15, -0.1) is 0 Å². The monoisotopic (exact) mass is 609 g/mol. The quantitative estimate of drug-likeness (QED) is 0.172. The Morgan fingerprint density at radius 3 is 2.45 bits per heavy atom. The Labute approximate surface area is 232 Å². The molecule has 4 aromatic carbocycles. The zero-order chi connectivity index (χ0) is 26.9. The minimum absolute atomic E-state index is 0.000355. The van der Waals surface area contributed by atoms with Gasteiger partial charge in [-0.3, -0.25) is 14.5 Å². The van der Waals surface area contributed by atoms with Crippen molar-refractivity contribution in [2.45, 2.75) is 11.4 Å². The highest BCUT2D eigenvalue weighted by molar-refractivity contribution is 9.10. The van der Waals surface area contributed by atoms with Crippen molar-refractivity contribution in [3.05, 3.63) is 105 Å². The van der Waals surface area contributed by atoms with E-state index in [2.05, 4.69) is 15.9 Å². The van der Waals surface area contributed by atoms with Crippen LogP contribution in [0.4, 0.5) is 4.79 Å². The molecular weight excluding hydrogens is 590 g/mol. The third kappa shape index (κ3) is 5.20. The highest BCUT2D eigenvalue weighted by Gasteiger charge is 2.35. The predicted molar refractivity (Wildman–Crippen MR) is 150 cm³/mol. The number of rotatable bonds is 7. The smallest absolute Gasteiger partial charge is 0.339 e. The number of fused-ring (bicyclic) bond motifs is 1. The van der Waals surface area contributed by atoms with E-state index in [1.54, 1.807) is 36.4 Å². The van der Waals surface area contributed by atoms with Crippen LogP contribution < -0.4 is 8.92 Å². The second kappa shape index (κ2) is 10.6. The molecule has 1 fully saturated rings. The van der Waals surface area contributed by atoms with Crippen LogP contribution in [0.15, 0.2) is 99.2 Å². The Hall–Kier alpha value is -3.60.